The SMILES string of the molecule is Cc1ccc(Nc2cc(NCCc3ccccc3F)ncn2)c(C)c1. The lowest BCUT2D eigenvalue weighted by molar-refractivity contribution is 0.610. The summed E-state index contributed by atoms with van der Waals surface area (Å²) in [7, 11) is 0. The van der Waals surface area contributed by atoms with Crippen LogP contribution in [0.2, 0.25) is 0 Å². The van der Waals surface area contributed by atoms with Crippen LogP contribution in [0.5, 0.6) is 0 Å². The van der Waals surface area contributed by atoms with E-state index in [2.05, 4.69) is 46.6 Å². The Morgan fingerprint density at radius 1 is 0.960 bits per heavy atom. The fourth-order valence-electron chi connectivity index (χ4n) is 2.64. The lowest BCUT2D eigenvalue weighted by Crippen LogP contribution is -2.08. The zero-order valence-electron chi connectivity index (χ0n) is 14.4. The molecule has 0 spiro atoms. The van der Waals surface area contributed by atoms with Crippen LogP contribution in [0.1, 0.15) is 16.7 Å². The molecule has 5 heteroatoms. The standard InChI is InChI=1S/C20H21FN4/c1-14-7-8-18(15(2)11-14)25-20-12-19(23-13-24-20)22-10-9-16-5-3-4-6-17(16)21/h3-8,11-13H,9-10H2,1-2H3,(H2,22,23,24,25). The van der Waals surface area contributed by atoms with Gasteiger partial charge in [0, 0.05) is 18.3 Å². The molecule has 2 N–H and O–H groups in total. The molecule has 0 aliphatic heterocycles. The van der Waals surface area contributed by atoms with Crippen molar-refractivity contribution in [2.45, 2.75) is 20.3 Å². The molecule has 0 saturated heterocycles. The quantitative estimate of drug-likeness (QED) is 0.689. The first-order valence-corrected chi connectivity index (χ1v) is 8.25. The molecule has 4 nitrogen and oxygen atoms in total. The predicted octanol–water partition coefficient (Wildman–Crippen LogP) is 4.63. The van der Waals surface area contributed by atoms with Crippen molar-refractivity contribution in [2.75, 3.05) is 17.2 Å². The first-order valence-electron chi connectivity index (χ1n) is 8.25. The first kappa shape index (κ1) is 16.9. The summed E-state index contributed by atoms with van der Waals surface area (Å²) in [5.41, 5.74) is 4.09. The smallest absolute Gasteiger partial charge is 0.135 e. The highest BCUT2D eigenvalue weighted by Gasteiger charge is 2.04. The number of nitrogens with one attached hydrogen (secondary N) is 2. The Hall–Kier alpha value is -2.95. The number of anilines is 3. The highest BCUT2D eigenvalue weighted by Crippen LogP contribution is 2.21. The van der Waals surface area contributed by atoms with Gasteiger partial charge >= 0.3 is 0 Å². The number of aromatic nitrogens is 2. The molecule has 0 fully saturated rings. The van der Waals surface area contributed by atoms with E-state index < -0.39 is 0 Å². The number of hydrogen-bond acceptors (Lipinski definition) is 4. The Bertz CT molecular complexity index is 864. The van der Waals surface area contributed by atoms with E-state index in [-0.39, 0.29) is 5.82 Å². The molecule has 1 heterocycles. The number of nitrogens with zero attached hydrogens (tertiary/aromatic N) is 2. The highest BCUT2D eigenvalue weighted by atomic mass is 19.1. The van der Waals surface area contributed by atoms with Gasteiger partial charge in [-0.3, -0.25) is 0 Å². The number of aryl methyl sites for hydroxylation is 2. The molecule has 0 aliphatic carbocycles. The van der Waals surface area contributed by atoms with Crippen LogP contribution in [0, 0.1) is 19.7 Å². The van der Waals surface area contributed by atoms with Crippen molar-refractivity contribution in [3.05, 3.63) is 77.4 Å². The van der Waals surface area contributed by atoms with Gasteiger partial charge < -0.3 is 10.6 Å². The third-order valence-electron chi connectivity index (χ3n) is 3.97. The monoisotopic (exact) mass is 336 g/mol. The number of hydrogen-bond donors (Lipinski definition) is 2. The molecule has 2 aromatic carbocycles. The van der Waals surface area contributed by atoms with Gasteiger partial charge in [0.1, 0.15) is 23.8 Å². The average molecular weight is 336 g/mol. The summed E-state index contributed by atoms with van der Waals surface area (Å²) in [6.45, 7) is 4.73. The van der Waals surface area contributed by atoms with Crippen molar-refractivity contribution in [3.8, 4) is 0 Å². The van der Waals surface area contributed by atoms with Gasteiger partial charge in [-0.1, -0.05) is 35.9 Å². The van der Waals surface area contributed by atoms with Gasteiger partial charge in [0.15, 0.2) is 0 Å². The van der Waals surface area contributed by atoms with Crippen molar-refractivity contribution in [1.82, 2.24) is 9.97 Å². The van der Waals surface area contributed by atoms with E-state index in [4.69, 9.17) is 0 Å². The van der Waals surface area contributed by atoms with Crippen LogP contribution in [0.3, 0.4) is 0 Å². The van der Waals surface area contributed by atoms with E-state index in [1.807, 2.05) is 18.2 Å². The third-order valence-corrected chi connectivity index (χ3v) is 3.97. The summed E-state index contributed by atoms with van der Waals surface area (Å²) in [6, 6.07) is 14.9. The second-order valence-corrected chi connectivity index (χ2v) is 6.00. The highest BCUT2D eigenvalue weighted by molar-refractivity contribution is 5.62. The minimum Gasteiger partial charge on any atom is -0.370 e. The maximum absolute atomic E-state index is 13.6. The van der Waals surface area contributed by atoms with Crippen LogP contribution in [-0.4, -0.2) is 16.5 Å². The van der Waals surface area contributed by atoms with Crippen LogP contribution in [0.15, 0.2) is 54.9 Å². The van der Waals surface area contributed by atoms with Crippen molar-refractivity contribution in [2.24, 2.45) is 0 Å². The van der Waals surface area contributed by atoms with Gasteiger partial charge in [-0.05, 0) is 43.5 Å². The van der Waals surface area contributed by atoms with Crippen molar-refractivity contribution in [3.63, 3.8) is 0 Å². The molecule has 1 aromatic heterocycles. The van der Waals surface area contributed by atoms with E-state index in [0.717, 1.165) is 17.1 Å². The number of rotatable bonds is 6. The van der Waals surface area contributed by atoms with Crippen LogP contribution in [0.25, 0.3) is 0 Å². The fourth-order valence-corrected chi connectivity index (χ4v) is 2.64. The second-order valence-electron chi connectivity index (χ2n) is 6.00. The number of benzene rings is 2. The van der Waals surface area contributed by atoms with E-state index in [1.54, 1.807) is 12.1 Å². The molecule has 3 rings (SSSR count). The molecule has 25 heavy (non-hydrogen) atoms. The zero-order chi connectivity index (χ0) is 17.6. The van der Waals surface area contributed by atoms with Crippen molar-refractivity contribution < 1.29 is 4.39 Å². The topological polar surface area (TPSA) is 49.8 Å². The summed E-state index contributed by atoms with van der Waals surface area (Å²) < 4.78 is 13.6. The summed E-state index contributed by atoms with van der Waals surface area (Å²) in [4.78, 5) is 8.47. The Morgan fingerprint density at radius 2 is 1.76 bits per heavy atom. The summed E-state index contributed by atoms with van der Waals surface area (Å²) >= 11 is 0. The van der Waals surface area contributed by atoms with E-state index in [0.29, 0.717) is 24.3 Å². The molecule has 3 aromatic rings. The Morgan fingerprint density at radius 3 is 2.56 bits per heavy atom. The van der Waals surface area contributed by atoms with Gasteiger partial charge in [-0.2, -0.15) is 0 Å². The average Bonchev–Trinajstić information content (AvgIpc) is 2.60. The maximum atomic E-state index is 13.6. The molecule has 0 radical (unpaired) electrons. The Labute approximate surface area is 147 Å². The van der Waals surface area contributed by atoms with E-state index >= 15 is 0 Å². The summed E-state index contributed by atoms with van der Waals surface area (Å²) in [6.07, 6.45) is 2.10. The van der Waals surface area contributed by atoms with E-state index in [1.165, 1.54) is 18.0 Å². The van der Waals surface area contributed by atoms with Crippen LogP contribution in [0.4, 0.5) is 21.7 Å². The van der Waals surface area contributed by atoms with Gasteiger partial charge in [0.05, 0.1) is 0 Å². The molecule has 0 saturated carbocycles. The first-order chi connectivity index (χ1) is 12.1. The molecule has 0 amide bonds. The zero-order valence-corrected chi connectivity index (χ0v) is 14.4. The van der Waals surface area contributed by atoms with E-state index in [9.17, 15) is 4.39 Å². The Balaban J connectivity index is 1.62. The van der Waals surface area contributed by atoms with Crippen molar-refractivity contribution in [1.29, 1.82) is 0 Å². The molecule has 128 valence electrons. The summed E-state index contributed by atoms with van der Waals surface area (Å²) in [5.74, 6) is 1.25. The summed E-state index contributed by atoms with van der Waals surface area (Å²) in [5, 5.41) is 6.52. The maximum Gasteiger partial charge on any atom is 0.135 e. The van der Waals surface area contributed by atoms with Crippen LogP contribution in [-0.2, 0) is 6.42 Å². The molecule has 0 unspecified atom stereocenters. The van der Waals surface area contributed by atoms with Crippen LogP contribution >= 0.6 is 0 Å². The minimum absolute atomic E-state index is 0.177. The van der Waals surface area contributed by atoms with Crippen molar-refractivity contribution >= 4 is 17.3 Å². The second kappa shape index (κ2) is 7.75. The molecular weight excluding hydrogens is 315 g/mol. The lowest BCUT2D eigenvalue weighted by atomic mass is 10.1. The van der Waals surface area contributed by atoms with Gasteiger partial charge in [0.2, 0.25) is 0 Å². The van der Waals surface area contributed by atoms with Gasteiger partial charge in [-0.25, -0.2) is 14.4 Å². The lowest BCUT2D eigenvalue weighted by Gasteiger charge is -2.11. The largest absolute Gasteiger partial charge is 0.370 e. The molecule has 0 bridgehead atoms. The van der Waals surface area contributed by atoms with Gasteiger partial charge in [0.25, 0.3) is 0 Å². The number of halogens is 1. The predicted molar refractivity (Wildman–Crippen MR) is 99.8 cm³/mol. The molecular formula is C20H21FN4. The molecule has 0 aliphatic rings. The fraction of sp³-hybridized carbons (Fsp3) is 0.200. The van der Waals surface area contributed by atoms with Crippen LogP contribution < -0.4 is 10.6 Å². The minimum atomic E-state index is -0.177. The normalized spacial score (nSPS) is 10.5. The Kier molecular flexibility index (Phi) is 5.23. The molecule has 0 atom stereocenters. The van der Waals surface area contributed by atoms with Gasteiger partial charge in [-0.15, -0.1) is 0 Å². The third kappa shape index (κ3) is 4.53.